The second-order valence-electron chi connectivity index (χ2n) is 6.80. The summed E-state index contributed by atoms with van der Waals surface area (Å²) in [5, 5.41) is 19.5. The van der Waals surface area contributed by atoms with Gasteiger partial charge in [0.05, 0.1) is 42.9 Å². The molecule has 1 heterocycles. The molecular weight excluding hydrogens is 494 g/mol. The van der Waals surface area contributed by atoms with E-state index in [1.54, 1.807) is 30.3 Å². The van der Waals surface area contributed by atoms with Crippen molar-refractivity contribution in [3.8, 4) is 6.07 Å². The highest BCUT2D eigenvalue weighted by Gasteiger charge is 2.43. The van der Waals surface area contributed by atoms with Crippen LogP contribution in [0.5, 0.6) is 0 Å². The highest BCUT2D eigenvalue weighted by Crippen LogP contribution is 2.43. The van der Waals surface area contributed by atoms with Crippen LogP contribution in [0.25, 0.3) is 0 Å². The van der Waals surface area contributed by atoms with E-state index < -0.39 is 23.8 Å². The van der Waals surface area contributed by atoms with E-state index >= 15 is 0 Å². The van der Waals surface area contributed by atoms with Crippen molar-refractivity contribution in [1.29, 1.82) is 5.26 Å². The average molecular weight is 512 g/mol. The Hall–Kier alpha value is -4.10. The van der Waals surface area contributed by atoms with Gasteiger partial charge in [-0.3, -0.25) is 4.90 Å². The molecule has 0 saturated carbocycles. The van der Waals surface area contributed by atoms with Crippen LogP contribution in [-0.2, 0) is 19.1 Å². The maximum absolute atomic E-state index is 13.0. The number of nitrogens with zero attached hydrogens (tertiary/aromatic N) is 2. The summed E-state index contributed by atoms with van der Waals surface area (Å²) in [6.07, 6.45) is 0. The second kappa shape index (κ2) is 9.58. The number of nitriles is 1. The Bertz CT molecular complexity index is 1250. The quantitative estimate of drug-likeness (QED) is 0.578. The highest BCUT2D eigenvalue weighted by molar-refractivity contribution is 9.10. The molecule has 3 N–H and O–H groups in total. The third-order valence-electron chi connectivity index (χ3n) is 5.05. The molecule has 168 valence electrons. The van der Waals surface area contributed by atoms with Gasteiger partial charge in [0, 0.05) is 10.2 Å². The van der Waals surface area contributed by atoms with E-state index in [-0.39, 0.29) is 38.4 Å². The van der Waals surface area contributed by atoms with Gasteiger partial charge < -0.3 is 20.3 Å². The van der Waals surface area contributed by atoms with Crippen LogP contribution in [0.4, 0.5) is 5.69 Å². The Kier molecular flexibility index (Phi) is 6.84. The van der Waals surface area contributed by atoms with Crippen LogP contribution in [0.1, 0.15) is 21.8 Å². The summed E-state index contributed by atoms with van der Waals surface area (Å²) < 4.78 is 10.2. The number of ether oxygens (including phenoxy) is 2. The minimum Gasteiger partial charge on any atom is -0.478 e. The van der Waals surface area contributed by atoms with Gasteiger partial charge in [-0.15, -0.1) is 0 Å². The van der Waals surface area contributed by atoms with Crippen molar-refractivity contribution >= 4 is 39.5 Å². The summed E-state index contributed by atoms with van der Waals surface area (Å²) in [7, 11) is 2.27. The van der Waals surface area contributed by atoms with Crippen LogP contribution in [0.2, 0.25) is 0 Å². The van der Waals surface area contributed by atoms with Gasteiger partial charge in [-0.25, -0.2) is 14.4 Å². The van der Waals surface area contributed by atoms with Crippen molar-refractivity contribution in [2.75, 3.05) is 19.1 Å². The van der Waals surface area contributed by atoms with E-state index in [0.717, 1.165) is 19.1 Å². The fourth-order valence-electron chi connectivity index (χ4n) is 3.60. The molecule has 2 aromatic rings. The van der Waals surface area contributed by atoms with Gasteiger partial charge in [0.1, 0.15) is 11.5 Å². The molecule has 0 aromatic heterocycles. The van der Waals surface area contributed by atoms with Crippen molar-refractivity contribution < 1.29 is 29.0 Å². The second-order valence-corrected chi connectivity index (χ2v) is 7.66. The first-order chi connectivity index (χ1) is 15.8. The van der Waals surface area contributed by atoms with E-state index in [9.17, 15) is 24.8 Å². The van der Waals surface area contributed by atoms with Gasteiger partial charge in [-0.05, 0) is 39.7 Å². The molecule has 9 nitrogen and oxygen atoms in total. The van der Waals surface area contributed by atoms with Crippen LogP contribution in [0.3, 0.4) is 0 Å². The molecule has 0 radical (unpaired) electrons. The van der Waals surface area contributed by atoms with E-state index in [1.807, 2.05) is 6.07 Å². The number of benzene rings is 2. The standard InChI is InChI=1S/C23H18BrN3O6/c1-32-22(30)18-17(12-6-4-3-5-7-12)15(11-25)20(26)27(19(18)23(31)33-2)13-8-9-16(24)14(10-13)21(28)29/h3-10,17H,26H2,1-2H3,(H,28,29). The highest BCUT2D eigenvalue weighted by atomic mass is 79.9. The first kappa shape index (κ1) is 23.6. The number of methoxy groups -OCH3 is 2. The number of halogens is 1. The van der Waals surface area contributed by atoms with Crippen molar-refractivity contribution in [3.63, 3.8) is 0 Å². The summed E-state index contributed by atoms with van der Waals surface area (Å²) in [5.74, 6) is -4.19. The Morgan fingerprint density at radius 1 is 1.09 bits per heavy atom. The minimum absolute atomic E-state index is 0.0194. The smallest absolute Gasteiger partial charge is 0.355 e. The van der Waals surface area contributed by atoms with Crippen LogP contribution in [0.15, 0.2) is 75.7 Å². The molecule has 3 rings (SSSR count). The summed E-state index contributed by atoms with van der Waals surface area (Å²) >= 11 is 3.17. The topological polar surface area (TPSA) is 143 Å². The number of nitrogens with two attached hydrogens (primary N) is 1. The van der Waals surface area contributed by atoms with Gasteiger partial charge in [0.15, 0.2) is 0 Å². The van der Waals surface area contributed by atoms with Gasteiger partial charge in [0.25, 0.3) is 0 Å². The first-order valence-electron chi connectivity index (χ1n) is 9.45. The number of carboxylic acids is 1. The number of rotatable bonds is 5. The maximum atomic E-state index is 13.0. The summed E-state index contributed by atoms with van der Waals surface area (Å²) in [4.78, 5) is 38.7. The van der Waals surface area contributed by atoms with Crippen molar-refractivity contribution in [3.05, 3.63) is 86.8 Å². The largest absolute Gasteiger partial charge is 0.478 e. The van der Waals surface area contributed by atoms with E-state index in [0.29, 0.717) is 5.56 Å². The van der Waals surface area contributed by atoms with E-state index in [1.165, 1.54) is 18.2 Å². The lowest BCUT2D eigenvalue weighted by atomic mass is 9.81. The fraction of sp³-hybridized carbons (Fsp3) is 0.130. The van der Waals surface area contributed by atoms with Crippen molar-refractivity contribution in [2.45, 2.75) is 5.92 Å². The van der Waals surface area contributed by atoms with Crippen molar-refractivity contribution in [1.82, 2.24) is 0 Å². The molecule has 1 unspecified atom stereocenters. The molecular formula is C23H18BrN3O6. The van der Waals surface area contributed by atoms with Crippen molar-refractivity contribution in [2.24, 2.45) is 5.73 Å². The Balaban J connectivity index is 2.43. The third kappa shape index (κ3) is 4.18. The van der Waals surface area contributed by atoms with Gasteiger partial charge in [-0.2, -0.15) is 5.26 Å². The zero-order chi connectivity index (χ0) is 24.3. The SMILES string of the molecule is COC(=O)C1=C(C(=O)OC)N(c2ccc(Br)c(C(=O)O)c2)C(N)=C(C#N)C1c1ccccc1. The summed E-state index contributed by atoms with van der Waals surface area (Å²) in [6, 6.07) is 14.8. The van der Waals surface area contributed by atoms with Crippen LogP contribution >= 0.6 is 15.9 Å². The predicted molar refractivity (Wildman–Crippen MR) is 121 cm³/mol. The van der Waals surface area contributed by atoms with E-state index in [4.69, 9.17) is 15.2 Å². The molecule has 1 aliphatic heterocycles. The number of esters is 2. The molecule has 0 aliphatic carbocycles. The minimum atomic E-state index is -1.23. The van der Waals surface area contributed by atoms with E-state index in [2.05, 4.69) is 15.9 Å². The van der Waals surface area contributed by atoms with Gasteiger partial charge in [-0.1, -0.05) is 30.3 Å². The number of carbonyl (C=O) groups excluding carboxylic acids is 2. The lowest BCUT2D eigenvalue weighted by molar-refractivity contribution is -0.139. The number of anilines is 1. The number of hydrogen-bond acceptors (Lipinski definition) is 8. The molecule has 1 atom stereocenters. The molecule has 0 amide bonds. The number of carbonyl (C=O) groups is 3. The van der Waals surface area contributed by atoms with Crippen LogP contribution in [-0.4, -0.2) is 37.2 Å². The lowest BCUT2D eigenvalue weighted by Gasteiger charge is -2.36. The van der Waals surface area contributed by atoms with Gasteiger partial charge in [0.2, 0.25) is 0 Å². The summed E-state index contributed by atoms with van der Waals surface area (Å²) in [5.41, 5.74) is 6.45. The number of allylic oxidation sites excluding steroid dienone is 1. The van der Waals surface area contributed by atoms with Crippen LogP contribution in [0, 0.1) is 11.3 Å². The predicted octanol–water partition coefficient (Wildman–Crippen LogP) is 3.05. The normalized spacial score (nSPS) is 15.7. The molecule has 2 aromatic carbocycles. The number of carboxylic acid groups (broad SMARTS) is 1. The Morgan fingerprint density at radius 2 is 1.73 bits per heavy atom. The third-order valence-corrected chi connectivity index (χ3v) is 5.74. The zero-order valence-corrected chi connectivity index (χ0v) is 19.1. The first-order valence-corrected chi connectivity index (χ1v) is 10.2. The molecule has 10 heteroatoms. The molecule has 0 bridgehead atoms. The fourth-order valence-corrected chi connectivity index (χ4v) is 4.01. The monoisotopic (exact) mass is 511 g/mol. The number of hydrogen-bond donors (Lipinski definition) is 2. The molecule has 0 saturated heterocycles. The lowest BCUT2D eigenvalue weighted by Crippen LogP contribution is -2.40. The maximum Gasteiger partial charge on any atom is 0.355 e. The Labute approximate surface area is 197 Å². The zero-order valence-electron chi connectivity index (χ0n) is 17.5. The van der Waals surface area contributed by atoms with Crippen LogP contribution < -0.4 is 10.6 Å². The average Bonchev–Trinajstić information content (AvgIpc) is 2.83. The molecule has 0 spiro atoms. The van der Waals surface area contributed by atoms with Gasteiger partial charge >= 0.3 is 17.9 Å². The molecule has 1 aliphatic rings. The Morgan fingerprint density at radius 3 is 2.27 bits per heavy atom. The number of aromatic carboxylic acids is 1. The molecule has 0 fully saturated rings. The summed E-state index contributed by atoms with van der Waals surface area (Å²) in [6.45, 7) is 0. The molecule has 33 heavy (non-hydrogen) atoms.